The van der Waals surface area contributed by atoms with Gasteiger partial charge in [0, 0.05) is 33.1 Å². The van der Waals surface area contributed by atoms with Crippen molar-refractivity contribution in [2.24, 2.45) is 0 Å². The van der Waals surface area contributed by atoms with Gasteiger partial charge in [-0.05, 0) is 240 Å². The van der Waals surface area contributed by atoms with E-state index in [-0.39, 0.29) is 0 Å². The van der Waals surface area contributed by atoms with E-state index in [4.69, 9.17) is 19.7 Å². The molecule has 0 aliphatic heterocycles. The molecule has 0 saturated heterocycles. The second kappa shape index (κ2) is 40.8. The van der Waals surface area contributed by atoms with Gasteiger partial charge >= 0.3 is 0 Å². The molecule has 24 rings (SSSR count). The Morgan fingerprint density at radius 1 is 0.193 bits per heavy atom. The van der Waals surface area contributed by atoms with Gasteiger partial charge in [0.1, 0.15) is 6.07 Å². The maximum absolute atomic E-state index is 11.0. The maximum atomic E-state index is 11.0. The topological polar surface area (TPSA) is 171 Å². The molecule has 0 atom stereocenters. The van der Waals surface area contributed by atoms with Crippen molar-refractivity contribution in [2.45, 2.75) is 0 Å². The molecular weight excluding hydrogens is 1870 g/mol. The Morgan fingerprint density at radius 3 is 0.813 bits per heavy atom. The molecule has 0 spiro atoms. The summed E-state index contributed by atoms with van der Waals surface area (Å²) in [5, 5.41) is 81.2. The molecule has 24 aromatic rings. The van der Waals surface area contributed by atoms with Crippen molar-refractivity contribution in [2.75, 3.05) is 0 Å². The highest BCUT2D eigenvalue weighted by Gasteiger charge is 2.46. The van der Waals surface area contributed by atoms with Crippen LogP contribution in [0.25, 0.3) is 130 Å². The van der Waals surface area contributed by atoms with Crippen molar-refractivity contribution in [1.29, 1.82) is 31.6 Å². The molecule has 0 saturated carbocycles. The summed E-state index contributed by atoms with van der Waals surface area (Å²) in [7, 11) is -8.27. The Morgan fingerprint density at radius 2 is 0.480 bits per heavy atom. The first-order valence-corrected chi connectivity index (χ1v) is 55.0. The van der Waals surface area contributed by atoms with Crippen molar-refractivity contribution in [3.05, 3.63) is 577 Å². The van der Waals surface area contributed by atoms with Crippen molar-refractivity contribution in [3.8, 4) is 86.9 Å². The summed E-state index contributed by atoms with van der Waals surface area (Å²) in [5.41, 5.74) is 18.8. The molecule has 0 N–H and O–H groups in total. The number of nitriles is 6. The molecule has 15 heteroatoms. The van der Waals surface area contributed by atoms with E-state index in [0.717, 1.165) is 121 Å². The van der Waals surface area contributed by atoms with Gasteiger partial charge in [-0.15, -0.1) is 0 Å². The number of nitrogens with zero attached hydrogens (tertiary/aromatic N) is 12. The van der Waals surface area contributed by atoms with Crippen LogP contribution in [0.3, 0.4) is 0 Å². The molecule has 0 aliphatic rings. The average molecular weight is 1960 g/mol. The average Bonchev–Trinajstić information content (AvgIpc) is 1.24. The summed E-state index contributed by atoms with van der Waals surface area (Å²) in [5.74, 6) is 0. The van der Waals surface area contributed by atoms with Gasteiger partial charge in [0.15, 0.2) is 41.3 Å². The lowest BCUT2D eigenvalue weighted by atomic mass is 9.99. The molecule has 3 heterocycles. The summed E-state index contributed by atoms with van der Waals surface area (Å²) in [6.07, 6.45) is 0. The number of hydrogen-bond donors (Lipinski definition) is 0. The molecular formula is C135H84N12Si3. The molecule has 3 aromatic heterocycles. The van der Waals surface area contributed by atoms with E-state index >= 15 is 0 Å². The SMILES string of the molecule is [C-]#[N+]c1ccc2c(c1)c1cc(C#N)ccc1n2-c1ccc(-c2ccc([Si](c3ccccc3)(c3ccccc3)c3ccccc3)cc2)cc1C#N.[C-]#[N+]c1ccc2c(c1)c1cc(C#N)ccc1n2-c1ccc(-c2cccc([Si](c3ccccc3)(c3ccccc3)c3ccccc3)c2C#N)cc1.[C-]#[N+]c1ccc2c(c1)c1cc(C#N)ccc1n2-c1ccc(C#N)c(-c2ccc([Si](c3ccccc3)(c3ccccc3)c3ccccc3)cc2)c1. The smallest absolute Gasteiger partial charge is 0.188 e. The standard InChI is InChI=1S/3C45H28N4Si/c1-48-34-23-27-44-41(29-34)40-28-32(30-46)20-26-43(40)49(44)35-24-21-33(22-25-35)39-18-11-19-45(42(39)31-47)50(36-12-5-2-6-13-36,37-14-7-3-8-15-37)38-16-9-4-10-17-38;1-48-35-21-26-45-43(28-35)42-27-32(30-46)17-25-44(42)49(45)36-22-18-34(31-47)41(29-36)33-19-23-40(24-20-33)50(37-11-5-2-6-12-37,38-13-7-3-8-14-38)39-15-9-4-10-16-39;1-48-36-21-26-45-42(29-36)41-27-32(30-46)17-24-44(41)49(45)43-25-20-34(28-35(43)31-47)33-18-22-40(23-19-33)50(37-11-5-2-6-12-37,38-13-7-3-8-14-38)39-15-9-4-10-16-39/h3*2-29H. The summed E-state index contributed by atoms with van der Waals surface area (Å²) in [6, 6.07) is 189. The highest BCUT2D eigenvalue weighted by Crippen LogP contribution is 2.42. The van der Waals surface area contributed by atoms with E-state index in [1.54, 1.807) is 12.1 Å². The van der Waals surface area contributed by atoms with E-state index in [1.807, 2.05) is 146 Å². The third kappa shape index (κ3) is 16.6. The Hall–Kier alpha value is -20.9. The van der Waals surface area contributed by atoms with Gasteiger partial charge in [-0.1, -0.05) is 376 Å². The van der Waals surface area contributed by atoms with Crippen LogP contribution in [0.4, 0.5) is 17.1 Å². The summed E-state index contributed by atoms with van der Waals surface area (Å²) >= 11 is 0. The van der Waals surface area contributed by atoms with Gasteiger partial charge in [-0.2, -0.15) is 31.6 Å². The second-order valence-corrected chi connectivity index (χ2v) is 48.1. The molecule has 0 bridgehead atoms. The predicted molar refractivity (Wildman–Crippen MR) is 617 cm³/mol. The van der Waals surface area contributed by atoms with E-state index in [2.05, 4.69) is 417 Å². The van der Waals surface area contributed by atoms with Gasteiger partial charge in [0.25, 0.3) is 0 Å². The molecule has 0 aliphatic carbocycles. The largest absolute Gasteiger partial charge is 0.309 e. The quantitative estimate of drug-likeness (QED) is 0.0470. The Bertz CT molecular complexity index is 9270. The van der Waals surface area contributed by atoms with Crippen molar-refractivity contribution < 1.29 is 0 Å². The van der Waals surface area contributed by atoms with Crippen LogP contribution in [0, 0.1) is 87.7 Å². The minimum atomic E-state index is -2.93. The molecule has 0 fully saturated rings. The first kappa shape index (κ1) is 94.0. The fourth-order valence-corrected chi connectivity index (χ4v) is 36.7. The zero-order valence-corrected chi connectivity index (χ0v) is 83.9. The van der Waals surface area contributed by atoms with Crippen LogP contribution in [0.15, 0.2) is 510 Å². The van der Waals surface area contributed by atoms with Gasteiger partial charge in [-0.3, -0.25) is 0 Å². The van der Waals surface area contributed by atoms with Crippen LogP contribution >= 0.6 is 0 Å². The third-order valence-corrected chi connectivity index (χ3v) is 43.3. The van der Waals surface area contributed by atoms with E-state index < -0.39 is 24.2 Å². The van der Waals surface area contributed by atoms with E-state index in [1.165, 1.54) is 57.1 Å². The minimum Gasteiger partial charge on any atom is -0.309 e. The first-order chi connectivity index (χ1) is 74.0. The highest BCUT2D eigenvalue weighted by atomic mass is 28.3. The molecule has 696 valence electrons. The fourth-order valence-electron chi connectivity index (χ4n) is 22.3. The molecule has 150 heavy (non-hydrogen) atoms. The van der Waals surface area contributed by atoms with Crippen molar-refractivity contribution in [3.63, 3.8) is 0 Å². The molecule has 0 radical (unpaired) electrons. The second-order valence-electron chi connectivity index (χ2n) is 36.7. The molecule has 0 unspecified atom stereocenters. The van der Waals surface area contributed by atoms with Gasteiger partial charge < -0.3 is 13.7 Å². The normalized spacial score (nSPS) is 11.1. The fraction of sp³-hybridized carbons (Fsp3) is 0. The summed E-state index contributed by atoms with van der Waals surface area (Å²) in [6.45, 7) is 22.7. The number of rotatable bonds is 18. The van der Waals surface area contributed by atoms with Crippen LogP contribution < -0.4 is 62.2 Å². The predicted octanol–water partition coefficient (Wildman–Crippen LogP) is 24.4. The maximum Gasteiger partial charge on any atom is 0.188 e. The lowest BCUT2D eigenvalue weighted by Gasteiger charge is -2.35. The monoisotopic (exact) mass is 1960 g/mol. The summed E-state index contributed by atoms with van der Waals surface area (Å²) in [4.78, 5) is 10.9. The third-order valence-electron chi connectivity index (χ3n) is 28.9. The first-order valence-electron chi connectivity index (χ1n) is 49.0. The summed E-state index contributed by atoms with van der Waals surface area (Å²) < 4.78 is 6.38. The minimum absolute atomic E-state index is 0.525. The molecule has 0 amide bonds. The van der Waals surface area contributed by atoms with Gasteiger partial charge in [0.2, 0.25) is 0 Å². The number of benzene rings is 21. The van der Waals surface area contributed by atoms with Crippen molar-refractivity contribution >= 4 is 169 Å². The zero-order chi connectivity index (χ0) is 102. The van der Waals surface area contributed by atoms with Crippen molar-refractivity contribution in [1.82, 2.24) is 13.7 Å². The van der Waals surface area contributed by atoms with Crippen LogP contribution in [-0.2, 0) is 0 Å². The lowest BCUT2D eigenvalue weighted by Crippen LogP contribution is -2.75. The number of fused-ring (bicyclic) bond motifs is 9. The number of aromatic nitrogens is 3. The lowest BCUT2D eigenvalue weighted by molar-refractivity contribution is 1.17. The van der Waals surface area contributed by atoms with E-state index in [0.29, 0.717) is 50.4 Å². The van der Waals surface area contributed by atoms with E-state index in [9.17, 15) is 31.6 Å². The molecule has 21 aromatic carbocycles. The Balaban J connectivity index is 0.000000127. The zero-order valence-electron chi connectivity index (χ0n) is 80.9. The van der Waals surface area contributed by atoms with Crippen LogP contribution in [0.2, 0.25) is 0 Å². The van der Waals surface area contributed by atoms with Crippen LogP contribution in [0.1, 0.15) is 33.4 Å². The molecule has 12 nitrogen and oxygen atoms in total. The number of hydrogen-bond acceptors (Lipinski definition) is 6. The van der Waals surface area contributed by atoms with Crippen LogP contribution in [-0.4, -0.2) is 37.9 Å². The highest BCUT2D eigenvalue weighted by molar-refractivity contribution is 7.21. The Kier molecular flexibility index (Phi) is 25.6. The van der Waals surface area contributed by atoms with Gasteiger partial charge in [0.05, 0.1) is 122 Å². The van der Waals surface area contributed by atoms with Gasteiger partial charge in [-0.25, -0.2) is 14.5 Å². The van der Waals surface area contributed by atoms with Crippen LogP contribution in [0.5, 0.6) is 0 Å². The Labute approximate surface area is 871 Å².